The Kier molecular flexibility index (Phi) is 12.7. The molecule has 2 aromatic carbocycles. The third kappa shape index (κ3) is 8.63. The van der Waals surface area contributed by atoms with Crippen LogP contribution in [0.25, 0.3) is 0 Å². The van der Waals surface area contributed by atoms with Crippen molar-refractivity contribution in [2.75, 3.05) is 46.2 Å². The number of carbonyl (C=O) groups excluding carboxylic acids is 4. The summed E-state index contributed by atoms with van der Waals surface area (Å²) in [5, 5.41) is 3.54. The summed E-state index contributed by atoms with van der Waals surface area (Å²) in [4.78, 5) is 57.8. The van der Waals surface area contributed by atoms with E-state index in [-0.39, 0.29) is 56.2 Å². The average molecular weight is 731 g/mol. The topological polar surface area (TPSA) is 122 Å². The highest BCUT2D eigenvalue weighted by Crippen LogP contribution is 2.45. The van der Waals surface area contributed by atoms with Gasteiger partial charge in [-0.2, -0.15) is 0 Å². The van der Waals surface area contributed by atoms with Gasteiger partial charge in [-0.3, -0.25) is 18.7 Å². The molecule has 262 valence electrons. The van der Waals surface area contributed by atoms with Crippen LogP contribution in [0.15, 0.2) is 76.0 Å². The van der Waals surface area contributed by atoms with E-state index in [1.165, 1.54) is 14.2 Å². The molecule has 3 aliphatic rings. The zero-order valence-corrected chi connectivity index (χ0v) is 30.0. The lowest BCUT2D eigenvalue weighted by Crippen LogP contribution is -2.52. The summed E-state index contributed by atoms with van der Waals surface area (Å²) in [5.41, 5.74) is 0.669. The molecule has 49 heavy (non-hydrogen) atoms. The van der Waals surface area contributed by atoms with Crippen molar-refractivity contribution in [2.24, 2.45) is 0 Å². The number of methoxy groups -OCH3 is 2. The van der Waals surface area contributed by atoms with E-state index in [1.807, 2.05) is 6.07 Å². The maximum Gasteiger partial charge on any atom is 0.336 e. The minimum absolute atomic E-state index is 0.00658. The summed E-state index contributed by atoms with van der Waals surface area (Å²) < 4.78 is 24.1. The van der Waals surface area contributed by atoms with Gasteiger partial charge >= 0.3 is 11.9 Å². The van der Waals surface area contributed by atoms with Crippen LogP contribution in [-0.4, -0.2) is 89.8 Å². The number of hydrogen-bond donors (Lipinski definition) is 1. The lowest BCUT2D eigenvalue weighted by atomic mass is 9.79. The van der Waals surface area contributed by atoms with Gasteiger partial charge in [0.05, 0.1) is 54.3 Å². The molecule has 13 heteroatoms. The number of amides is 1. The molecule has 2 heterocycles. The van der Waals surface area contributed by atoms with Gasteiger partial charge in [-0.25, -0.2) is 9.59 Å². The maximum absolute atomic E-state index is 14.0. The normalized spacial score (nSPS) is 20.3. The Bertz CT molecular complexity index is 1640. The maximum atomic E-state index is 14.0. The second kappa shape index (κ2) is 16.9. The number of dihydropyridines is 1. The number of ketones is 1. The number of piperazine rings is 1. The van der Waals surface area contributed by atoms with Gasteiger partial charge in [0.25, 0.3) is 0 Å². The molecule has 1 amide bonds. The number of ether oxygens (including phenoxy) is 2. The van der Waals surface area contributed by atoms with Crippen LogP contribution < -0.4 is 5.32 Å². The van der Waals surface area contributed by atoms with Crippen molar-refractivity contribution < 1.29 is 32.9 Å². The van der Waals surface area contributed by atoms with Gasteiger partial charge in [0.2, 0.25) is 5.91 Å². The fraction of sp³-hybridized carbons (Fsp3) is 0.444. The lowest BCUT2D eigenvalue weighted by molar-refractivity contribution is -0.137. The smallest absolute Gasteiger partial charge is 0.336 e. The quantitative estimate of drug-likeness (QED) is 0.349. The average Bonchev–Trinajstić information content (AvgIpc) is 3.09. The van der Waals surface area contributed by atoms with Crippen molar-refractivity contribution in [3.63, 3.8) is 0 Å². The number of esters is 2. The van der Waals surface area contributed by atoms with Crippen molar-refractivity contribution in [3.05, 3.63) is 86.7 Å². The number of carbonyl (C=O) groups is 4. The summed E-state index contributed by atoms with van der Waals surface area (Å²) in [6.07, 6.45) is 4.74. The van der Waals surface area contributed by atoms with E-state index in [0.717, 1.165) is 25.7 Å². The largest absolute Gasteiger partial charge is 0.466 e. The molecule has 10 nitrogen and oxygen atoms in total. The van der Waals surface area contributed by atoms with Crippen LogP contribution in [0.1, 0.15) is 56.4 Å². The Morgan fingerprint density at radius 1 is 0.837 bits per heavy atom. The summed E-state index contributed by atoms with van der Waals surface area (Å²) in [6.45, 7) is 2.41. The number of hydrogen-bond acceptors (Lipinski definition) is 9. The van der Waals surface area contributed by atoms with Crippen molar-refractivity contribution >= 4 is 57.6 Å². The summed E-state index contributed by atoms with van der Waals surface area (Å²) in [5.74, 6) is -2.78. The number of nitrogens with zero attached hydrogens (tertiary/aromatic N) is 2. The van der Waals surface area contributed by atoms with Crippen LogP contribution in [0.3, 0.4) is 0 Å². The van der Waals surface area contributed by atoms with Gasteiger partial charge in [0.1, 0.15) is 5.78 Å². The standard InChI is InChI=1S/C36H41Cl2N3O7S/c1-47-35(44)32-28(21-30(43)41-19-17-40(18-20-41)23-9-6-11-24(42)12-7-10-23)39-29(22-49(46)25-13-4-3-5-14-25)33(36(45)48-2)34(32)31-26(37)15-8-16-27(31)38/h3-5,8,13-16,23,34,39H,6-7,9-12,17-22H2,1-2H3. The van der Waals surface area contributed by atoms with Crippen molar-refractivity contribution in [3.8, 4) is 0 Å². The summed E-state index contributed by atoms with van der Waals surface area (Å²) in [7, 11) is 0.804. The van der Waals surface area contributed by atoms with Gasteiger partial charge in [-0.05, 0) is 49.9 Å². The van der Waals surface area contributed by atoms with E-state index in [2.05, 4.69) is 10.2 Å². The number of benzene rings is 2. The molecule has 2 unspecified atom stereocenters. The van der Waals surface area contributed by atoms with Crippen LogP contribution in [-0.2, 0) is 39.5 Å². The molecule has 1 saturated carbocycles. The molecule has 2 atom stereocenters. The summed E-state index contributed by atoms with van der Waals surface area (Å²) >= 11 is 13.4. The molecule has 1 saturated heterocycles. The SMILES string of the molecule is COC(=O)C1=C(CC(=O)N2CCN(C3CCCC(=O)CCC3)CC2)NC(CS(=O)c2ccccc2)=C(C(=O)OC)C1c1c(Cl)cccc1Cl. The molecule has 0 bridgehead atoms. The van der Waals surface area contributed by atoms with E-state index in [0.29, 0.717) is 55.7 Å². The lowest BCUT2D eigenvalue weighted by Gasteiger charge is -2.40. The fourth-order valence-electron chi connectivity index (χ4n) is 6.93. The third-order valence-corrected chi connectivity index (χ3v) is 11.4. The molecule has 1 aliphatic carbocycles. The number of Topliss-reactive ketones (excluding diaryl/α,β-unsaturated/α-hetero) is 1. The Hall–Kier alpha value is -3.51. The van der Waals surface area contributed by atoms with E-state index in [4.69, 9.17) is 32.7 Å². The van der Waals surface area contributed by atoms with Gasteiger partial charge in [-0.15, -0.1) is 0 Å². The minimum atomic E-state index is -1.62. The molecule has 5 rings (SSSR count). The number of rotatable bonds is 9. The Morgan fingerprint density at radius 2 is 1.41 bits per heavy atom. The number of nitrogens with one attached hydrogen (secondary N) is 1. The van der Waals surface area contributed by atoms with Crippen molar-refractivity contribution in [1.82, 2.24) is 15.1 Å². The van der Waals surface area contributed by atoms with Gasteiger partial charge in [0, 0.05) is 77.0 Å². The Labute approximate surface area is 299 Å². The first kappa shape index (κ1) is 36.8. The molecule has 1 N–H and O–H groups in total. The molecule has 0 radical (unpaired) electrons. The molecule has 2 fully saturated rings. The monoisotopic (exact) mass is 729 g/mol. The number of halogens is 2. The highest BCUT2D eigenvalue weighted by atomic mass is 35.5. The molecule has 0 aromatic heterocycles. The Morgan fingerprint density at radius 3 is 1.98 bits per heavy atom. The van der Waals surface area contributed by atoms with E-state index < -0.39 is 28.7 Å². The zero-order chi connectivity index (χ0) is 35.1. The van der Waals surface area contributed by atoms with Gasteiger partial charge < -0.3 is 19.7 Å². The van der Waals surface area contributed by atoms with Gasteiger partial charge in [-0.1, -0.05) is 47.5 Å². The first-order valence-corrected chi connectivity index (χ1v) is 18.5. The second-order valence-electron chi connectivity index (χ2n) is 12.3. The summed E-state index contributed by atoms with van der Waals surface area (Å²) in [6, 6.07) is 14.0. The van der Waals surface area contributed by atoms with E-state index in [1.54, 1.807) is 47.4 Å². The van der Waals surface area contributed by atoms with Crippen molar-refractivity contribution in [2.45, 2.75) is 61.8 Å². The molecular formula is C36H41Cl2N3O7S. The van der Waals surface area contributed by atoms with Crippen LogP contribution in [0, 0.1) is 0 Å². The van der Waals surface area contributed by atoms with Crippen LogP contribution in [0.4, 0.5) is 0 Å². The van der Waals surface area contributed by atoms with Crippen LogP contribution in [0.5, 0.6) is 0 Å². The first-order chi connectivity index (χ1) is 23.6. The predicted molar refractivity (Wildman–Crippen MR) is 187 cm³/mol. The first-order valence-electron chi connectivity index (χ1n) is 16.4. The molecule has 0 spiro atoms. The third-order valence-electron chi connectivity index (χ3n) is 9.41. The van der Waals surface area contributed by atoms with Crippen molar-refractivity contribution in [1.29, 1.82) is 0 Å². The second-order valence-corrected chi connectivity index (χ2v) is 14.6. The van der Waals surface area contributed by atoms with E-state index >= 15 is 0 Å². The molecule has 2 aromatic rings. The van der Waals surface area contributed by atoms with Gasteiger partial charge in [0.15, 0.2) is 0 Å². The molecular weight excluding hydrogens is 689 g/mol. The minimum Gasteiger partial charge on any atom is -0.466 e. The van der Waals surface area contributed by atoms with Crippen LogP contribution in [0.2, 0.25) is 10.0 Å². The van der Waals surface area contributed by atoms with Crippen LogP contribution >= 0.6 is 23.2 Å². The Balaban J connectivity index is 1.48. The predicted octanol–water partition coefficient (Wildman–Crippen LogP) is 5.17. The fourth-order valence-corrected chi connectivity index (χ4v) is 8.66. The van der Waals surface area contributed by atoms with E-state index in [9.17, 15) is 23.4 Å². The highest BCUT2D eigenvalue weighted by molar-refractivity contribution is 7.85. The zero-order valence-electron chi connectivity index (χ0n) is 27.7. The highest BCUT2D eigenvalue weighted by Gasteiger charge is 2.42. The molecule has 2 aliphatic heterocycles.